The van der Waals surface area contributed by atoms with Gasteiger partial charge in [0.1, 0.15) is 0 Å². The maximum absolute atomic E-state index is 11.7. The summed E-state index contributed by atoms with van der Waals surface area (Å²) in [6.07, 6.45) is 8.50. The first kappa shape index (κ1) is 16.1. The third-order valence-electron chi connectivity index (χ3n) is 3.70. The molecule has 1 amide bonds. The molecule has 21 heavy (non-hydrogen) atoms. The third kappa shape index (κ3) is 6.32. The number of carbonyl (C=O) groups is 1. The SMILES string of the molecule is O=C(CNCCC1=CCCCC1)NCc1ccc(Cl)cc1. The van der Waals surface area contributed by atoms with Crippen molar-refractivity contribution in [3.63, 3.8) is 0 Å². The van der Waals surface area contributed by atoms with E-state index in [2.05, 4.69) is 16.7 Å². The topological polar surface area (TPSA) is 41.1 Å². The van der Waals surface area contributed by atoms with E-state index < -0.39 is 0 Å². The molecule has 0 heterocycles. The van der Waals surface area contributed by atoms with Gasteiger partial charge in [0.25, 0.3) is 0 Å². The maximum atomic E-state index is 11.7. The van der Waals surface area contributed by atoms with Crippen molar-refractivity contribution >= 4 is 17.5 Å². The zero-order valence-electron chi connectivity index (χ0n) is 12.3. The van der Waals surface area contributed by atoms with Crippen molar-refractivity contribution in [2.75, 3.05) is 13.1 Å². The van der Waals surface area contributed by atoms with Gasteiger partial charge in [-0.25, -0.2) is 0 Å². The second-order valence-electron chi connectivity index (χ2n) is 5.44. The largest absolute Gasteiger partial charge is 0.351 e. The van der Waals surface area contributed by atoms with Gasteiger partial charge in [-0.05, 0) is 56.3 Å². The van der Waals surface area contributed by atoms with Crippen LogP contribution in [-0.4, -0.2) is 19.0 Å². The molecular weight excluding hydrogens is 284 g/mol. The molecule has 2 N–H and O–H groups in total. The second kappa shape index (κ2) is 8.85. The molecule has 1 aromatic rings. The Morgan fingerprint density at radius 3 is 2.71 bits per heavy atom. The molecule has 1 aliphatic rings. The van der Waals surface area contributed by atoms with Crippen molar-refractivity contribution in [1.29, 1.82) is 0 Å². The van der Waals surface area contributed by atoms with E-state index in [9.17, 15) is 4.79 Å². The minimum atomic E-state index is 0.0302. The number of hydrogen-bond donors (Lipinski definition) is 2. The van der Waals surface area contributed by atoms with Crippen molar-refractivity contribution < 1.29 is 4.79 Å². The molecule has 0 saturated heterocycles. The van der Waals surface area contributed by atoms with Gasteiger partial charge in [0, 0.05) is 11.6 Å². The van der Waals surface area contributed by atoms with Crippen LogP contribution in [0.2, 0.25) is 5.02 Å². The predicted molar refractivity (Wildman–Crippen MR) is 87.3 cm³/mol. The number of rotatable bonds is 7. The van der Waals surface area contributed by atoms with E-state index in [-0.39, 0.29) is 5.91 Å². The summed E-state index contributed by atoms with van der Waals surface area (Å²) in [7, 11) is 0. The Bertz CT molecular complexity index is 482. The lowest BCUT2D eigenvalue weighted by atomic mass is 9.97. The zero-order valence-corrected chi connectivity index (χ0v) is 13.1. The highest BCUT2D eigenvalue weighted by Crippen LogP contribution is 2.19. The molecule has 1 aromatic carbocycles. The Morgan fingerprint density at radius 1 is 1.19 bits per heavy atom. The van der Waals surface area contributed by atoms with E-state index in [1.165, 1.54) is 31.3 Å². The smallest absolute Gasteiger partial charge is 0.234 e. The van der Waals surface area contributed by atoms with E-state index in [1.807, 2.05) is 24.3 Å². The minimum Gasteiger partial charge on any atom is -0.351 e. The average Bonchev–Trinajstić information content (AvgIpc) is 2.52. The monoisotopic (exact) mass is 306 g/mol. The lowest BCUT2D eigenvalue weighted by Crippen LogP contribution is -2.34. The van der Waals surface area contributed by atoms with Crippen LogP contribution in [-0.2, 0) is 11.3 Å². The Kier molecular flexibility index (Phi) is 6.77. The fraction of sp³-hybridized carbons (Fsp3) is 0.471. The van der Waals surface area contributed by atoms with Gasteiger partial charge in [0.15, 0.2) is 0 Å². The van der Waals surface area contributed by atoms with Gasteiger partial charge in [0.05, 0.1) is 6.54 Å². The standard InChI is InChI=1S/C17H23ClN2O/c18-16-8-6-15(7-9-16)12-20-17(21)13-19-11-10-14-4-2-1-3-5-14/h4,6-9,19H,1-3,5,10-13H2,(H,20,21). The highest BCUT2D eigenvalue weighted by atomic mass is 35.5. The number of halogens is 1. The molecule has 0 saturated carbocycles. The Balaban J connectivity index is 1.57. The molecule has 114 valence electrons. The van der Waals surface area contributed by atoms with Crippen LogP contribution in [0.3, 0.4) is 0 Å². The summed E-state index contributed by atoms with van der Waals surface area (Å²) >= 11 is 5.82. The Hall–Kier alpha value is -1.32. The normalized spacial score (nSPS) is 14.6. The highest BCUT2D eigenvalue weighted by molar-refractivity contribution is 6.30. The third-order valence-corrected chi connectivity index (χ3v) is 3.95. The number of carbonyl (C=O) groups excluding carboxylic acids is 1. The molecule has 0 radical (unpaired) electrons. The zero-order chi connectivity index (χ0) is 14.9. The van der Waals surface area contributed by atoms with Crippen molar-refractivity contribution in [3.05, 3.63) is 46.5 Å². The van der Waals surface area contributed by atoms with Crippen LogP contribution in [0, 0.1) is 0 Å². The molecule has 0 aromatic heterocycles. The highest BCUT2D eigenvalue weighted by Gasteiger charge is 2.04. The van der Waals surface area contributed by atoms with Gasteiger partial charge in [-0.1, -0.05) is 35.4 Å². The summed E-state index contributed by atoms with van der Waals surface area (Å²) < 4.78 is 0. The van der Waals surface area contributed by atoms with Crippen molar-refractivity contribution in [2.24, 2.45) is 0 Å². The number of nitrogens with one attached hydrogen (secondary N) is 2. The summed E-state index contributed by atoms with van der Waals surface area (Å²) in [5.74, 6) is 0.0302. The number of allylic oxidation sites excluding steroid dienone is 1. The molecule has 0 aliphatic heterocycles. The van der Waals surface area contributed by atoms with E-state index in [0.717, 1.165) is 18.5 Å². The molecule has 0 spiro atoms. The summed E-state index contributed by atoms with van der Waals surface area (Å²) in [5.41, 5.74) is 2.59. The van der Waals surface area contributed by atoms with Crippen molar-refractivity contribution in [2.45, 2.75) is 38.6 Å². The van der Waals surface area contributed by atoms with Crippen LogP contribution in [0.1, 0.15) is 37.7 Å². The van der Waals surface area contributed by atoms with E-state index in [1.54, 1.807) is 0 Å². The molecule has 0 bridgehead atoms. The first-order valence-corrected chi connectivity index (χ1v) is 8.01. The van der Waals surface area contributed by atoms with Gasteiger partial charge in [-0.3, -0.25) is 4.79 Å². The summed E-state index contributed by atoms with van der Waals surface area (Å²) in [4.78, 5) is 11.7. The van der Waals surface area contributed by atoms with E-state index in [0.29, 0.717) is 18.1 Å². The predicted octanol–water partition coefficient (Wildman–Crippen LogP) is 3.44. The van der Waals surface area contributed by atoms with Gasteiger partial charge >= 0.3 is 0 Å². The van der Waals surface area contributed by atoms with E-state index >= 15 is 0 Å². The number of amides is 1. The summed E-state index contributed by atoms with van der Waals surface area (Å²) in [5, 5.41) is 6.81. The van der Waals surface area contributed by atoms with Gasteiger partial charge in [0.2, 0.25) is 5.91 Å². The molecule has 4 heteroatoms. The first-order chi connectivity index (χ1) is 10.2. The number of benzene rings is 1. The van der Waals surface area contributed by atoms with E-state index in [4.69, 9.17) is 11.6 Å². The first-order valence-electron chi connectivity index (χ1n) is 7.64. The van der Waals surface area contributed by atoms with Crippen LogP contribution in [0.5, 0.6) is 0 Å². The van der Waals surface area contributed by atoms with Gasteiger partial charge in [-0.2, -0.15) is 0 Å². The van der Waals surface area contributed by atoms with Gasteiger partial charge in [-0.15, -0.1) is 0 Å². The van der Waals surface area contributed by atoms with Crippen LogP contribution < -0.4 is 10.6 Å². The lowest BCUT2D eigenvalue weighted by Gasteiger charge is -2.13. The van der Waals surface area contributed by atoms with Gasteiger partial charge < -0.3 is 10.6 Å². The fourth-order valence-electron chi connectivity index (χ4n) is 2.45. The minimum absolute atomic E-state index is 0.0302. The molecule has 1 aliphatic carbocycles. The molecule has 3 nitrogen and oxygen atoms in total. The van der Waals surface area contributed by atoms with Crippen LogP contribution in [0.4, 0.5) is 0 Å². The van der Waals surface area contributed by atoms with Crippen LogP contribution in [0.25, 0.3) is 0 Å². The molecular formula is C17H23ClN2O. The molecule has 0 unspecified atom stereocenters. The molecule has 0 fully saturated rings. The van der Waals surface area contributed by atoms with Crippen LogP contribution in [0.15, 0.2) is 35.9 Å². The maximum Gasteiger partial charge on any atom is 0.234 e. The van der Waals surface area contributed by atoms with Crippen molar-refractivity contribution in [1.82, 2.24) is 10.6 Å². The molecule has 0 atom stereocenters. The summed E-state index contributed by atoms with van der Waals surface area (Å²) in [6, 6.07) is 7.51. The fourth-order valence-corrected chi connectivity index (χ4v) is 2.57. The van der Waals surface area contributed by atoms with Crippen LogP contribution >= 0.6 is 11.6 Å². The summed E-state index contributed by atoms with van der Waals surface area (Å²) in [6.45, 7) is 1.80. The van der Waals surface area contributed by atoms with Crippen molar-refractivity contribution in [3.8, 4) is 0 Å². The lowest BCUT2D eigenvalue weighted by molar-refractivity contribution is -0.120. The quantitative estimate of drug-likeness (QED) is 0.598. The number of hydrogen-bond acceptors (Lipinski definition) is 2. The average molecular weight is 307 g/mol. The molecule has 2 rings (SSSR count). The Morgan fingerprint density at radius 2 is 2.00 bits per heavy atom. The second-order valence-corrected chi connectivity index (χ2v) is 5.87. The Labute approximate surface area is 131 Å².